The van der Waals surface area contributed by atoms with Crippen molar-refractivity contribution in [3.05, 3.63) is 41.2 Å². The predicted octanol–water partition coefficient (Wildman–Crippen LogP) is 3.21. The molecule has 1 aliphatic carbocycles. The number of anilines is 1. The van der Waals surface area contributed by atoms with Crippen LogP contribution in [-0.2, 0) is 11.2 Å². The smallest absolute Gasteiger partial charge is 0.223 e. The number of carbonyl (C=O) groups excluding carboxylic acids is 1. The number of ether oxygens (including phenoxy) is 1. The normalized spacial score (nSPS) is 24.0. The van der Waals surface area contributed by atoms with Crippen LogP contribution in [0.15, 0.2) is 24.4 Å². The summed E-state index contributed by atoms with van der Waals surface area (Å²) in [5.41, 5.74) is 4.00. The van der Waals surface area contributed by atoms with Gasteiger partial charge in [-0.3, -0.25) is 10.1 Å². The second kappa shape index (κ2) is 4.85. The van der Waals surface area contributed by atoms with Gasteiger partial charge in [-0.1, -0.05) is 26.0 Å². The van der Waals surface area contributed by atoms with Gasteiger partial charge in [0.25, 0.3) is 0 Å². The lowest BCUT2D eigenvalue weighted by molar-refractivity contribution is -0.114. The van der Waals surface area contributed by atoms with Crippen LogP contribution in [0.5, 0.6) is 5.75 Å². The Morgan fingerprint density at radius 1 is 1.39 bits per heavy atom. The van der Waals surface area contributed by atoms with E-state index in [0.29, 0.717) is 17.8 Å². The van der Waals surface area contributed by atoms with Gasteiger partial charge >= 0.3 is 0 Å². The number of amides is 1. The van der Waals surface area contributed by atoms with Gasteiger partial charge in [-0.15, -0.1) is 0 Å². The molecule has 2 aromatic rings. The summed E-state index contributed by atoms with van der Waals surface area (Å²) < 4.78 is 5.71. The van der Waals surface area contributed by atoms with Crippen molar-refractivity contribution in [2.75, 3.05) is 11.9 Å². The van der Waals surface area contributed by atoms with E-state index in [1.54, 1.807) is 0 Å². The van der Waals surface area contributed by atoms with Crippen LogP contribution < -0.4 is 10.1 Å². The standard InChI is InChI=1S/C18H21N3O2/c1-10(22)20-17-19-9-13(21-17)16-15(18(16,2)3)12-5-4-6-14-11(12)7-8-23-14/h4-6,9,15-16H,7-8H2,1-3H3,(H2,19,20,21,22)/t15-,16+/m0/s1. The molecule has 5 nitrogen and oxygen atoms in total. The summed E-state index contributed by atoms with van der Waals surface area (Å²) in [5, 5.41) is 2.71. The second-order valence-electron chi connectivity index (χ2n) is 7.07. The topological polar surface area (TPSA) is 67.0 Å². The number of imidazole rings is 1. The summed E-state index contributed by atoms with van der Waals surface area (Å²) in [4.78, 5) is 18.7. The van der Waals surface area contributed by atoms with Crippen LogP contribution in [0.1, 0.15) is 49.4 Å². The van der Waals surface area contributed by atoms with E-state index in [-0.39, 0.29) is 11.3 Å². The Morgan fingerprint density at radius 2 is 2.22 bits per heavy atom. The molecule has 1 saturated carbocycles. The van der Waals surface area contributed by atoms with Gasteiger partial charge in [0.05, 0.1) is 12.8 Å². The summed E-state index contributed by atoms with van der Waals surface area (Å²) in [5.74, 6) is 2.27. The first-order chi connectivity index (χ1) is 11.0. The Balaban J connectivity index is 1.65. The fraction of sp³-hybridized carbons (Fsp3) is 0.444. The fourth-order valence-electron chi connectivity index (χ4n) is 4.06. The number of nitrogens with one attached hydrogen (secondary N) is 2. The van der Waals surface area contributed by atoms with E-state index in [1.165, 1.54) is 18.1 Å². The molecular weight excluding hydrogens is 290 g/mol. The lowest BCUT2D eigenvalue weighted by atomic mass is 9.96. The Kier molecular flexibility index (Phi) is 3.01. The number of hydrogen-bond donors (Lipinski definition) is 2. The monoisotopic (exact) mass is 311 g/mol. The lowest BCUT2D eigenvalue weighted by Gasteiger charge is -2.08. The van der Waals surface area contributed by atoms with Gasteiger partial charge in [-0.2, -0.15) is 0 Å². The molecule has 4 rings (SSSR count). The zero-order valence-electron chi connectivity index (χ0n) is 13.6. The van der Waals surface area contributed by atoms with Gasteiger partial charge in [0.2, 0.25) is 11.9 Å². The average Bonchev–Trinajstić information content (AvgIpc) is 2.92. The van der Waals surface area contributed by atoms with Crippen molar-refractivity contribution in [2.45, 2.75) is 39.0 Å². The fourth-order valence-corrected chi connectivity index (χ4v) is 4.06. The first kappa shape index (κ1) is 14.3. The molecule has 1 aromatic carbocycles. The number of nitrogens with zero attached hydrogens (tertiary/aromatic N) is 1. The van der Waals surface area contributed by atoms with E-state index < -0.39 is 0 Å². The number of aromatic nitrogens is 2. The van der Waals surface area contributed by atoms with Crippen LogP contribution >= 0.6 is 0 Å². The molecule has 1 amide bonds. The van der Waals surface area contributed by atoms with Crippen LogP contribution in [0.4, 0.5) is 5.95 Å². The molecule has 23 heavy (non-hydrogen) atoms. The van der Waals surface area contributed by atoms with E-state index >= 15 is 0 Å². The van der Waals surface area contributed by atoms with E-state index in [9.17, 15) is 4.79 Å². The van der Waals surface area contributed by atoms with Crippen LogP contribution in [-0.4, -0.2) is 22.5 Å². The number of hydrogen-bond acceptors (Lipinski definition) is 3. The summed E-state index contributed by atoms with van der Waals surface area (Å²) in [6.45, 7) is 6.84. The maximum Gasteiger partial charge on any atom is 0.223 e. The first-order valence-corrected chi connectivity index (χ1v) is 8.05. The van der Waals surface area contributed by atoms with E-state index in [2.05, 4.69) is 47.3 Å². The zero-order chi connectivity index (χ0) is 16.2. The largest absolute Gasteiger partial charge is 0.493 e. The molecule has 2 heterocycles. The van der Waals surface area contributed by atoms with Gasteiger partial charge in [0, 0.05) is 30.5 Å². The molecule has 1 aromatic heterocycles. The maximum absolute atomic E-state index is 11.2. The van der Waals surface area contributed by atoms with E-state index in [4.69, 9.17) is 4.74 Å². The van der Waals surface area contributed by atoms with Crippen molar-refractivity contribution in [1.82, 2.24) is 9.97 Å². The minimum absolute atomic E-state index is 0.115. The Hall–Kier alpha value is -2.30. The highest BCUT2D eigenvalue weighted by Crippen LogP contribution is 2.70. The molecule has 0 unspecified atom stereocenters. The highest BCUT2D eigenvalue weighted by Gasteiger charge is 2.60. The van der Waals surface area contributed by atoms with Crippen LogP contribution in [0, 0.1) is 5.41 Å². The second-order valence-corrected chi connectivity index (χ2v) is 7.07. The van der Waals surface area contributed by atoms with Gasteiger partial charge < -0.3 is 9.72 Å². The number of H-pyrrole nitrogens is 1. The van der Waals surface area contributed by atoms with Gasteiger partial charge in [0.1, 0.15) is 5.75 Å². The number of carbonyl (C=O) groups is 1. The minimum atomic E-state index is -0.115. The Labute approximate surface area is 135 Å². The third-order valence-electron chi connectivity index (χ3n) is 5.17. The van der Waals surface area contributed by atoms with Crippen LogP contribution in [0.2, 0.25) is 0 Å². The molecule has 1 fully saturated rings. The van der Waals surface area contributed by atoms with Crippen molar-refractivity contribution < 1.29 is 9.53 Å². The van der Waals surface area contributed by atoms with Gasteiger partial charge in [0.15, 0.2) is 0 Å². The van der Waals surface area contributed by atoms with E-state index in [0.717, 1.165) is 24.5 Å². The molecule has 0 spiro atoms. The van der Waals surface area contributed by atoms with Crippen molar-refractivity contribution in [3.63, 3.8) is 0 Å². The quantitative estimate of drug-likeness (QED) is 0.914. The Bertz CT molecular complexity index is 778. The molecule has 0 saturated heterocycles. The van der Waals surface area contributed by atoms with Gasteiger partial charge in [-0.25, -0.2) is 4.98 Å². The number of benzene rings is 1. The first-order valence-electron chi connectivity index (χ1n) is 8.05. The zero-order valence-corrected chi connectivity index (χ0v) is 13.6. The molecule has 0 bridgehead atoms. The Morgan fingerprint density at radius 3 is 3.00 bits per heavy atom. The number of rotatable bonds is 3. The SMILES string of the molecule is CC(=O)Nc1ncc([C@@H]2[C@H](c3cccc4c3CCO4)C2(C)C)[nH]1. The summed E-state index contributed by atoms with van der Waals surface area (Å²) >= 11 is 0. The van der Waals surface area contributed by atoms with Gasteiger partial charge in [-0.05, 0) is 23.0 Å². The molecule has 2 aliphatic rings. The molecule has 2 atom stereocenters. The van der Waals surface area contributed by atoms with Crippen LogP contribution in [0.25, 0.3) is 0 Å². The van der Waals surface area contributed by atoms with Crippen molar-refractivity contribution >= 4 is 11.9 Å². The molecule has 120 valence electrons. The highest BCUT2D eigenvalue weighted by atomic mass is 16.5. The van der Waals surface area contributed by atoms with Crippen molar-refractivity contribution in [2.24, 2.45) is 5.41 Å². The number of fused-ring (bicyclic) bond motifs is 1. The van der Waals surface area contributed by atoms with Crippen molar-refractivity contribution in [1.29, 1.82) is 0 Å². The number of aromatic amines is 1. The summed E-state index contributed by atoms with van der Waals surface area (Å²) in [6.07, 6.45) is 2.84. The van der Waals surface area contributed by atoms with Crippen molar-refractivity contribution in [3.8, 4) is 5.75 Å². The third kappa shape index (κ3) is 2.22. The molecule has 0 radical (unpaired) electrons. The van der Waals surface area contributed by atoms with Crippen LogP contribution in [0.3, 0.4) is 0 Å². The molecule has 5 heteroatoms. The lowest BCUT2D eigenvalue weighted by Crippen LogP contribution is -2.07. The third-order valence-corrected chi connectivity index (χ3v) is 5.17. The van der Waals surface area contributed by atoms with E-state index in [1.807, 2.05) is 6.20 Å². The molecule has 1 aliphatic heterocycles. The molecular formula is C18H21N3O2. The minimum Gasteiger partial charge on any atom is -0.493 e. The predicted molar refractivity (Wildman–Crippen MR) is 87.8 cm³/mol. The summed E-state index contributed by atoms with van der Waals surface area (Å²) in [6, 6.07) is 6.37. The maximum atomic E-state index is 11.2. The summed E-state index contributed by atoms with van der Waals surface area (Å²) in [7, 11) is 0. The molecule has 2 N–H and O–H groups in total. The average molecular weight is 311 g/mol. The highest BCUT2D eigenvalue weighted by molar-refractivity contribution is 5.86.